The first-order chi connectivity index (χ1) is 5.65. The molecule has 1 aromatic carbocycles. The zero-order valence-corrected chi connectivity index (χ0v) is 9.75. The predicted octanol–water partition coefficient (Wildman–Crippen LogP) is 4.84. The Bertz CT molecular complexity index is 273. The van der Waals surface area contributed by atoms with Crippen molar-refractivity contribution >= 4 is 39.1 Å². The molecule has 0 fully saturated rings. The molecule has 1 atom stereocenters. The Labute approximate surface area is 91.0 Å². The van der Waals surface area contributed by atoms with Crippen molar-refractivity contribution in [3.8, 4) is 0 Å². The molecule has 0 saturated heterocycles. The molecule has 0 radical (unpaired) electrons. The second-order valence-electron chi connectivity index (χ2n) is 2.54. The van der Waals surface area contributed by atoms with Crippen molar-refractivity contribution in [1.82, 2.24) is 0 Å². The van der Waals surface area contributed by atoms with Crippen molar-refractivity contribution in [2.45, 2.75) is 18.2 Å². The van der Waals surface area contributed by atoms with Crippen LogP contribution in [0.15, 0.2) is 18.2 Å². The maximum Gasteiger partial charge on any atom is 0.0464 e. The fraction of sp³-hybridized carbons (Fsp3) is 0.333. The standard InChI is InChI=1S/C9H9BrCl2/c1-2-8(10)7-4-3-6(11)5-9(7)12/h3-5,8H,2H2,1H3/t8-/m1/s1. The minimum Gasteiger partial charge on any atom is -0.0843 e. The van der Waals surface area contributed by atoms with E-state index in [1.54, 1.807) is 6.07 Å². The summed E-state index contributed by atoms with van der Waals surface area (Å²) in [6.07, 6.45) is 1.02. The number of hydrogen-bond donors (Lipinski definition) is 0. The molecule has 1 aromatic rings. The minimum atomic E-state index is 0.322. The highest BCUT2D eigenvalue weighted by Gasteiger charge is 2.08. The van der Waals surface area contributed by atoms with Gasteiger partial charge in [0.25, 0.3) is 0 Å². The summed E-state index contributed by atoms with van der Waals surface area (Å²) in [6, 6.07) is 5.57. The normalized spacial score (nSPS) is 13.0. The van der Waals surface area contributed by atoms with E-state index in [2.05, 4.69) is 22.9 Å². The topological polar surface area (TPSA) is 0 Å². The lowest BCUT2D eigenvalue weighted by atomic mass is 10.1. The van der Waals surface area contributed by atoms with Gasteiger partial charge in [0, 0.05) is 14.9 Å². The van der Waals surface area contributed by atoms with Crippen LogP contribution in [0, 0.1) is 0 Å². The molecule has 0 N–H and O–H groups in total. The lowest BCUT2D eigenvalue weighted by molar-refractivity contribution is 0.911. The van der Waals surface area contributed by atoms with Gasteiger partial charge in [-0.25, -0.2) is 0 Å². The first kappa shape index (κ1) is 10.4. The maximum absolute atomic E-state index is 5.99. The molecule has 0 unspecified atom stereocenters. The first-order valence-corrected chi connectivity index (χ1v) is 5.41. The molecule has 0 bridgehead atoms. The quantitative estimate of drug-likeness (QED) is 0.673. The number of hydrogen-bond acceptors (Lipinski definition) is 0. The summed E-state index contributed by atoms with van der Waals surface area (Å²) in [5.41, 5.74) is 1.10. The van der Waals surface area contributed by atoms with Crippen molar-refractivity contribution in [2.75, 3.05) is 0 Å². The average Bonchev–Trinajstić information content (AvgIpc) is 2.03. The molecule has 3 heteroatoms. The highest BCUT2D eigenvalue weighted by atomic mass is 79.9. The molecule has 0 spiro atoms. The zero-order valence-electron chi connectivity index (χ0n) is 6.65. The van der Waals surface area contributed by atoms with Crippen molar-refractivity contribution in [2.24, 2.45) is 0 Å². The van der Waals surface area contributed by atoms with Gasteiger partial charge in [-0.15, -0.1) is 0 Å². The van der Waals surface area contributed by atoms with Crippen LogP contribution >= 0.6 is 39.1 Å². The highest BCUT2D eigenvalue weighted by molar-refractivity contribution is 9.09. The molecule has 0 aliphatic rings. The van der Waals surface area contributed by atoms with Crippen LogP contribution < -0.4 is 0 Å². The number of rotatable bonds is 2. The van der Waals surface area contributed by atoms with E-state index in [9.17, 15) is 0 Å². The fourth-order valence-corrected chi connectivity index (χ4v) is 2.05. The Kier molecular flexibility index (Phi) is 3.88. The van der Waals surface area contributed by atoms with Crippen LogP contribution in [0.2, 0.25) is 10.0 Å². The van der Waals surface area contributed by atoms with Gasteiger partial charge in [-0.2, -0.15) is 0 Å². The number of alkyl halides is 1. The molecule has 1 rings (SSSR count). The first-order valence-electron chi connectivity index (χ1n) is 3.74. The molecule has 0 heterocycles. The second-order valence-corrected chi connectivity index (χ2v) is 4.49. The predicted molar refractivity (Wildman–Crippen MR) is 58.4 cm³/mol. The van der Waals surface area contributed by atoms with Gasteiger partial charge in [0.05, 0.1) is 0 Å². The Hall–Kier alpha value is 0.280. The van der Waals surface area contributed by atoms with Crippen LogP contribution in [-0.2, 0) is 0 Å². The molecule has 0 aromatic heterocycles. The largest absolute Gasteiger partial charge is 0.0843 e. The van der Waals surface area contributed by atoms with E-state index in [1.807, 2.05) is 12.1 Å². The summed E-state index contributed by atoms with van der Waals surface area (Å²) in [4.78, 5) is 0.322. The van der Waals surface area contributed by atoms with Crippen LogP contribution in [0.1, 0.15) is 23.7 Å². The molecule has 0 amide bonds. The van der Waals surface area contributed by atoms with E-state index in [0.29, 0.717) is 9.85 Å². The summed E-state index contributed by atoms with van der Waals surface area (Å²) in [5, 5.41) is 1.41. The van der Waals surface area contributed by atoms with E-state index in [0.717, 1.165) is 17.0 Å². The summed E-state index contributed by atoms with van der Waals surface area (Å²) < 4.78 is 0. The lowest BCUT2D eigenvalue weighted by Gasteiger charge is -2.08. The fourth-order valence-electron chi connectivity index (χ4n) is 0.975. The number of benzene rings is 1. The number of halogens is 3. The van der Waals surface area contributed by atoms with Crippen molar-refractivity contribution in [1.29, 1.82) is 0 Å². The monoisotopic (exact) mass is 266 g/mol. The van der Waals surface area contributed by atoms with Crippen LogP contribution in [0.3, 0.4) is 0 Å². The Morgan fingerprint density at radius 3 is 2.58 bits per heavy atom. The van der Waals surface area contributed by atoms with E-state index in [4.69, 9.17) is 23.2 Å². The second kappa shape index (κ2) is 4.50. The van der Waals surface area contributed by atoms with Gasteiger partial charge < -0.3 is 0 Å². The van der Waals surface area contributed by atoms with E-state index >= 15 is 0 Å². The van der Waals surface area contributed by atoms with Crippen LogP contribution in [-0.4, -0.2) is 0 Å². The minimum absolute atomic E-state index is 0.322. The summed E-state index contributed by atoms with van der Waals surface area (Å²) in [7, 11) is 0. The van der Waals surface area contributed by atoms with Gasteiger partial charge in [-0.3, -0.25) is 0 Å². The van der Waals surface area contributed by atoms with Crippen LogP contribution in [0.25, 0.3) is 0 Å². The van der Waals surface area contributed by atoms with E-state index < -0.39 is 0 Å². The lowest BCUT2D eigenvalue weighted by Crippen LogP contribution is -1.88. The molecule has 0 nitrogen and oxygen atoms in total. The van der Waals surface area contributed by atoms with E-state index in [-0.39, 0.29) is 0 Å². The van der Waals surface area contributed by atoms with Gasteiger partial charge in [-0.1, -0.05) is 52.1 Å². The van der Waals surface area contributed by atoms with Crippen LogP contribution in [0.5, 0.6) is 0 Å². The van der Waals surface area contributed by atoms with Gasteiger partial charge in [0.2, 0.25) is 0 Å². The summed E-state index contributed by atoms with van der Waals surface area (Å²) >= 11 is 15.3. The molecule has 0 aliphatic heterocycles. The third-order valence-corrected chi connectivity index (χ3v) is 3.36. The molecule has 12 heavy (non-hydrogen) atoms. The Morgan fingerprint density at radius 1 is 1.42 bits per heavy atom. The molecule has 0 saturated carbocycles. The SMILES string of the molecule is CC[C@@H](Br)c1ccc(Cl)cc1Cl. The highest BCUT2D eigenvalue weighted by Crippen LogP contribution is 2.33. The Morgan fingerprint density at radius 2 is 2.08 bits per heavy atom. The zero-order chi connectivity index (χ0) is 9.14. The Balaban J connectivity index is 3.01. The smallest absolute Gasteiger partial charge is 0.0464 e. The van der Waals surface area contributed by atoms with Gasteiger partial charge in [0.15, 0.2) is 0 Å². The molecule has 0 aliphatic carbocycles. The molecular formula is C9H9BrCl2. The molecular weight excluding hydrogens is 259 g/mol. The van der Waals surface area contributed by atoms with Gasteiger partial charge in [0.1, 0.15) is 0 Å². The average molecular weight is 268 g/mol. The maximum atomic E-state index is 5.99. The van der Waals surface area contributed by atoms with Gasteiger partial charge >= 0.3 is 0 Å². The summed E-state index contributed by atoms with van der Waals surface area (Å²) in [6.45, 7) is 2.10. The van der Waals surface area contributed by atoms with Crippen LogP contribution in [0.4, 0.5) is 0 Å². The van der Waals surface area contributed by atoms with Crippen molar-refractivity contribution in [3.05, 3.63) is 33.8 Å². The van der Waals surface area contributed by atoms with Crippen molar-refractivity contribution in [3.63, 3.8) is 0 Å². The van der Waals surface area contributed by atoms with Gasteiger partial charge in [-0.05, 0) is 24.1 Å². The third kappa shape index (κ3) is 2.38. The summed E-state index contributed by atoms with van der Waals surface area (Å²) in [5.74, 6) is 0. The third-order valence-electron chi connectivity index (χ3n) is 1.66. The molecule has 66 valence electrons. The van der Waals surface area contributed by atoms with Crippen molar-refractivity contribution < 1.29 is 0 Å². The van der Waals surface area contributed by atoms with E-state index in [1.165, 1.54) is 0 Å².